The molecule has 0 aliphatic heterocycles. The molecule has 1 atom stereocenters. The van der Waals surface area contributed by atoms with Crippen molar-refractivity contribution in [2.45, 2.75) is 18.8 Å². The van der Waals surface area contributed by atoms with E-state index in [1.165, 1.54) is 36.4 Å². The largest absolute Gasteiger partial charge is 0.466 e. The van der Waals surface area contributed by atoms with Gasteiger partial charge >= 0.3 is 17.8 Å². The summed E-state index contributed by atoms with van der Waals surface area (Å²) in [7, 11) is 0.782. The van der Waals surface area contributed by atoms with Gasteiger partial charge in [0.2, 0.25) is 0 Å². The molecule has 0 aliphatic rings. The standard InChI is InChI=1S/C18H17ClF3N3O3/c1-11-6-3-4-9-14(11)15(26)23-17(16(27)28-2,18(20,21)22)25-24-13-8-5-7-12(19)10-13/h3-10,24-25H,1-2H3,(H,23,26)/t17-/m0/s1. The summed E-state index contributed by atoms with van der Waals surface area (Å²) in [6.07, 6.45) is -5.25. The first-order valence-electron chi connectivity index (χ1n) is 7.93. The zero-order valence-corrected chi connectivity index (χ0v) is 15.6. The van der Waals surface area contributed by atoms with Crippen LogP contribution in [0.3, 0.4) is 0 Å². The fraction of sp³-hybridized carbons (Fsp3) is 0.222. The van der Waals surface area contributed by atoms with E-state index in [1.54, 1.807) is 24.4 Å². The number of hydrogen-bond donors (Lipinski definition) is 3. The number of ether oxygens (including phenoxy) is 1. The number of benzene rings is 2. The zero-order valence-electron chi connectivity index (χ0n) is 14.9. The van der Waals surface area contributed by atoms with E-state index in [-0.39, 0.29) is 16.3 Å². The first-order chi connectivity index (χ1) is 13.1. The second-order valence-electron chi connectivity index (χ2n) is 5.77. The lowest BCUT2D eigenvalue weighted by Crippen LogP contribution is -2.73. The number of anilines is 1. The molecule has 3 N–H and O–H groups in total. The number of amides is 1. The average molecular weight is 416 g/mol. The molecule has 0 bridgehead atoms. The highest BCUT2D eigenvalue weighted by atomic mass is 35.5. The molecular weight excluding hydrogens is 399 g/mol. The molecule has 0 saturated carbocycles. The van der Waals surface area contributed by atoms with E-state index in [4.69, 9.17) is 11.6 Å². The van der Waals surface area contributed by atoms with Crippen LogP contribution >= 0.6 is 11.6 Å². The lowest BCUT2D eigenvalue weighted by molar-refractivity contribution is -0.215. The smallest absolute Gasteiger partial charge is 0.438 e. The molecule has 0 aliphatic carbocycles. The fourth-order valence-corrected chi connectivity index (χ4v) is 2.53. The SMILES string of the molecule is COC(=O)[C@@](NNc1cccc(Cl)c1)(NC(=O)c1ccccc1C)C(F)(F)F. The Kier molecular flexibility index (Phi) is 6.52. The summed E-state index contributed by atoms with van der Waals surface area (Å²) in [5.41, 5.74) is 1.09. The molecule has 2 rings (SSSR count). The van der Waals surface area contributed by atoms with Crippen molar-refractivity contribution in [2.75, 3.05) is 12.5 Å². The van der Waals surface area contributed by atoms with Gasteiger partial charge < -0.3 is 15.5 Å². The second-order valence-corrected chi connectivity index (χ2v) is 6.21. The lowest BCUT2D eigenvalue weighted by Gasteiger charge is -2.34. The van der Waals surface area contributed by atoms with Gasteiger partial charge in [0, 0.05) is 10.6 Å². The Labute approximate surface area is 164 Å². The van der Waals surface area contributed by atoms with E-state index in [2.05, 4.69) is 10.2 Å². The molecule has 6 nitrogen and oxygen atoms in total. The summed E-state index contributed by atoms with van der Waals surface area (Å²) in [4.78, 5) is 24.6. The van der Waals surface area contributed by atoms with Crippen molar-refractivity contribution in [1.29, 1.82) is 0 Å². The van der Waals surface area contributed by atoms with Gasteiger partial charge in [-0.1, -0.05) is 35.9 Å². The monoisotopic (exact) mass is 415 g/mol. The van der Waals surface area contributed by atoms with Crippen LogP contribution < -0.4 is 16.2 Å². The van der Waals surface area contributed by atoms with E-state index in [0.29, 0.717) is 5.56 Å². The highest BCUT2D eigenvalue weighted by molar-refractivity contribution is 6.30. The third-order valence-corrected chi connectivity index (χ3v) is 4.06. The minimum Gasteiger partial charge on any atom is -0.466 e. The molecule has 0 unspecified atom stereocenters. The number of nitrogens with one attached hydrogen (secondary N) is 3. The maximum atomic E-state index is 13.9. The molecule has 1 amide bonds. The van der Waals surface area contributed by atoms with Crippen LogP contribution in [0, 0.1) is 6.92 Å². The van der Waals surface area contributed by atoms with Gasteiger partial charge in [0.1, 0.15) is 0 Å². The molecular formula is C18H17ClF3N3O3. The van der Waals surface area contributed by atoms with Crippen LogP contribution in [0.15, 0.2) is 48.5 Å². The lowest BCUT2D eigenvalue weighted by atomic mass is 10.1. The number of hydrogen-bond acceptors (Lipinski definition) is 5. The fourth-order valence-electron chi connectivity index (χ4n) is 2.34. The van der Waals surface area contributed by atoms with Gasteiger partial charge in [-0.05, 0) is 36.8 Å². The van der Waals surface area contributed by atoms with Gasteiger partial charge in [-0.3, -0.25) is 4.79 Å². The number of carbonyl (C=O) groups excluding carboxylic acids is 2. The van der Waals surface area contributed by atoms with Crippen LogP contribution in [-0.2, 0) is 9.53 Å². The number of methoxy groups -OCH3 is 1. The van der Waals surface area contributed by atoms with Crippen molar-refractivity contribution >= 4 is 29.2 Å². The maximum Gasteiger partial charge on any atom is 0.438 e. The van der Waals surface area contributed by atoms with Crippen molar-refractivity contribution in [2.24, 2.45) is 0 Å². The van der Waals surface area contributed by atoms with Gasteiger partial charge in [0.25, 0.3) is 5.91 Å². The maximum absolute atomic E-state index is 13.9. The molecule has 10 heteroatoms. The predicted octanol–water partition coefficient (Wildman–Crippen LogP) is 3.43. The van der Waals surface area contributed by atoms with Gasteiger partial charge in [0.15, 0.2) is 0 Å². The molecule has 0 heterocycles. The van der Waals surface area contributed by atoms with Crippen LogP contribution in [0.2, 0.25) is 5.02 Å². The normalized spacial score (nSPS) is 13.4. The number of alkyl halides is 3. The van der Waals surface area contributed by atoms with Gasteiger partial charge in [-0.2, -0.15) is 18.6 Å². The Hall–Kier alpha value is -2.78. The zero-order chi connectivity index (χ0) is 20.9. The van der Waals surface area contributed by atoms with Crippen molar-refractivity contribution < 1.29 is 27.5 Å². The summed E-state index contributed by atoms with van der Waals surface area (Å²) in [5, 5.41) is 1.97. The molecule has 0 fully saturated rings. The summed E-state index contributed by atoms with van der Waals surface area (Å²) in [6.45, 7) is 1.56. The Morgan fingerprint density at radius 1 is 1.07 bits per heavy atom. The molecule has 0 radical (unpaired) electrons. The molecule has 0 spiro atoms. The molecule has 28 heavy (non-hydrogen) atoms. The Morgan fingerprint density at radius 2 is 1.75 bits per heavy atom. The Morgan fingerprint density at radius 3 is 2.32 bits per heavy atom. The molecule has 2 aromatic rings. The van der Waals surface area contributed by atoms with Gasteiger partial charge in [-0.15, -0.1) is 0 Å². The van der Waals surface area contributed by atoms with E-state index in [0.717, 1.165) is 7.11 Å². The van der Waals surface area contributed by atoms with E-state index in [1.807, 2.05) is 5.43 Å². The summed E-state index contributed by atoms with van der Waals surface area (Å²) >= 11 is 5.80. The van der Waals surface area contributed by atoms with Gasteiger partial charge in [0.05, 0.1) is 12.8 Å². The van der Waals surface area contributed by atoms with Crippen molar-refractivity contribution in [3.05, 3.63) is 64.7 Å². The van der Waals surface area contributed by atoms with Crippen molar-refractivity contribution in [1.82, 2.24) is 10.7 Å². The predicted molar refractivity (Wildman–Crippen MR) is 97.7 cm³/mol. The summed E-state index contributed by atoms with van der Waals surface area (Å²) in [6, 6.07) is 11.8. The van der Waals surface area contributed by atoms with Crippen LogP contribution in [-0.4, -0.2) is 30.8 Å². The number of rotatable bonds is 6. The first kappa shape index (κ1) is 21.5. The molecule has 2 aromatic carbocycles. The number of carbonyl (C=O) groups is 2. The van der Waals surface area contributed by atoms with E-state index in [9.17, 15) is 22.8 Å². The van der Waals surface area contributed by atoms with Crippen LogP contribution in [0.5, 0.6) is 0 Å². The number of esters is 1. The highest BCUT2D eigenvalue weighted by Crippen LogP contribution is 2.30. The molecule has 0 aromatic heterocycles. The van der Waals surface area contributed by atoms with Crippen LogP contribution in [0.4, 0.5) is 18.9 Å². The summed E-state index contributed by atoms with van der Waals surface area (Å²) in [5.74, 6) is -2.86. The first-order valence-corrected chi connectivity index (χ1v) is 8.30. The topological polar surface area (TPSA) is 79.5 Å². The second kappa shape index (κ2) is 8.49. The van der Waals surface area contributed by atoms with E-state index < -0.39 is 23.7 Å². The Bertz CT molecular complexity index is 876. The number of hydrazine groups is 1. The third-order valence-electron chi connectivity index (χ3n) is 3.83. The van der Waals surface area contributed by atoms with Crippen LogP contribution in [0.1, 0.15) is 15.9 Å². The van der Waals surface area contributed by atoms with Crippen LogP contribution in [0.25, 0.3) is 0 Å². The number of aryl methyl sites for hydroxylation is 1. The number of halogens is 4. The van der Waals surface area contributed by atoms with Crippen molar-refractivity contribution in [3.8, 4) is 0 Å². The Balaban J connectivity index is 2.41. The third kappa shape index (κ3) is 4.55. The minimum atomic E-state index is -5.25. The average Bonchev–Trinajstić information content (AvgIpc) is 2.63. The highest BCUT2D eigenvalue weighted by Gasteiger charge is 2.63. The molecule has 0 saturated heterocycles. The van der Waals surface area contributed by atoms with Crippen molar-refractivity contribution in [3.63, 3.8) is 0 Å². The minimum absolute atomic E-state index is 0.0235. The quantitative estimate of drug-likeness (QED) is 0.383. The summed E-state index contributed by atoms with van der Waals surface area (Å²) < 4.78 is 46.1. The van der Waals surface area contributed by atoms with E-state index >= 15 is 0 Å². The molecule has 150 valence electrons. The van der Waals surface area contributed by atoms with Gasteiger partial charge in [-0.25, -0.2) is 4.79 Å².